The van der Waals surface area contributed by atoms with Crippen LogP contribution in [0.2, 0.25) is 0 Å². The minimum absolute atomic E-state index is 0.857. The topological polar surface area (TPSA) is 12.0 Å². The predicted molar refractivity (Wildman–Crippen MR) is 86.9 cm³/mol. The Kier molecular flexibility index (Phi) is 4.31. The third-order valence-corrected chi connectivity index (χ3v) is 4.23. The molecule has 0 unspecified atom stereocenters. The van der Waals surface area contributed by atoms with Gasteiger partial charge in [-0.25, -0.2) is 0 Å². The van der Waals surface area contributed by atoms with Gasteiger partial charge in [0.15, 0.2) is 0 Å². The Balaban J connectivity index is 2.22. The average Bonchev–Trinajstić information content (AvgIpc) is 2.33. The van der Waals surface area contributed by atoms with Crippen LogP contribution in [0.5, 0.6) is 0 Å². The Morgan fingerprint density at radius 3 is 2.42 bits per heavy atom. The van der Waals surface area contributed by atoms with Crippen molar-refractivity contribution in [2.24, 2.45) is 0 Å². The van der Waals surface area contributed by atoms with Crippen molar-refractivity contribution in [1.29, 1.82) is 0 Å². The molecule has 0 amide bonds. The summed E-state index contributed by atoms with van der Waals surface area (Å²) in [5, 5.41) is 3.55. The van der Waals surface area contributed by atoms with Crippen LogP contribution in [0.4, 0.5) is 5.69 Å². The van der Waals surface area contributed by atoms with Gasteiger partial charge in [-0.3, -0.25) is 0 Å². The van der Waals surface area contributed by atoms with Crippen molar-refractivity contribution >= 4 is 21.6 Å². The molecule has 1 N–H and O–H groups in total. The zero-order valence-corrected chi connectivity index (χ0v) is 13.6. The van der Waals surface area contributed by atoms with Gasteiger partial charge in [-0.05, 0) is 77.5 Å². The van der Waals surface area contributed by atoms with Crippen molar-refractivity contribution < 1.29 is 0 Å². The number of benzene rings is 2. The third-order valence-electron chi connectivity index (χ3n) is 3.60. The molecule has 0 bridgehead atoms. The molecule has 100 valence electrons. The molecule has 2 aromatic carbocycles. The average molecular weight is 318 g/mol. The molecule has 0 fully saturated rings. The van der Waals surface area contributed by atoms with E-state index in [9.17, 15) is 0 Å². The highest BCUT2D eigenvalue weighted by molar-refractivity contribution is 9.10. The molecule has 0 saturated carbocycles. The fraction of sp³-hybridized carbons (Fsp3) is 0.294. The molecule has 0 spiro atoms. The molecule has 0 heterocycles. The second-order valence-electron chi connectivity index (χ2n) is 5.15. The Morgan fingerprint density at radius 1 is 1.00 bits per heavy atom. The van der Waals surface area contributed by atoms with E-state index in [-0.39, 0.29) is 0 Å². The van der Waals surface area contributed by atoms with Crippen LogP contribution in [0, 0.1) is 27.7 Å². The molecule has 0 atom stereocenters. The molecule has 1 nitrogen and oxygen atoms in total. The molecule has 0 radical (unpaired) electrons. The van der Waals surface area contributed by atoms with Crippen LogP contribution in [-0.4, -0.2) is 0 Å². The van der Waals surface area contributed by atoms with E-state index in [4.69, 9.17) is 0 Å². The van der Waals surface area contributed by atoms with E-state index in [0.29, 0.717) is 0 Å². The normalized spacial score (nSPS) is 10.6. The quantitative estimate of drug-likeness (QED) is 0.810. The number of rotatable bonds is 3. The lowest BCUT2D eigenvalue weighted by molar-refractivity contribution is 1.09. The summed E-state index contributed by atoms with van der Waals surface area (Å²) >= 11 is 3.64. The third kappa shape index (κ3) is 3.19. The van der Waals surface area contributed by atoms with Crippen LogP contribution >= 0.6 is 15.9 Å². The number of halogens is 1. The van der Waals surface area contributed by atoms with Gasteiger partial charge in [0.25, 0.3) is 0 Å². The second kappa shape index (κ2) is 5.79. The number of anilines is 1. The lowest BCUT2D eigenvalue weighted by Gasteiger charge is -2.15. The Labute approximate surface area is 124 Å². The number of nitrogens with one attached hydrogen (secondary N) is 1. The summed E-state index contributed by atoms with van der Waals surface area (Å²) in [5.74, 6) is 0. The fourth-order valence-electron chi connectivity index (χ4n) is 2.33. The minimum atomic E-state index is 0.857. The highest BCUT2D eigenvalue weighted by atomic mass is 79.9. The van der Waals surface area contributed by atoms with Crippen molar-refractivity contribution in [1.82, 2.24) is 0 Å². The summed E-state index contributed by atoms with van der Waals surface area (Å²) in [6.45, 7) is 9.46. The van der Waals surface area contributed by atoms with Crippen molar-refractivity contribution in [3.05, 3.63) is 62.6 Å². The summed E-state index contributed by atoms with van der Waals surface area (Å²) in [4.78, 5) is 0. The Hall–Kier alpha value is -1.28. The van der Waals surface area contributed by atoms with Crippen molar-refractivity contribution in [3.8, 4) is 0 Å². The van der Waals surface area contributed by atoms with Gasteiger partial charge < -0.3 is 5.32 Å². The summed E-state index contributed by atoms with van der Waals surface area (Å²) in [5.41, 5.74) is 7.81. The van der Waals surface area contributed by atoms with Crippen LogP contribution < -0.4 is 5.32 Å². The first-order valence-corrected chi connectivity index (χ1v) is 7.34. The smallest absolute Gasteiger partial charge is 0.0517 e. The van der Waals surface area contributed by atoms with Crippen molar-refractivity contribution in [3.63, 3.8) is 0 Å². The van der Waals surface area contributed by atoms with Gasteiger partial charge in [0.2, 0.25) is 0 Å². The SMILES string of the molecule is Cc1cc(C)c(NCc2cccc(C)c2C)c(Br)c1. The van der Waals surface area contributed by atoms with Gasteiger partial charge in [-0.1, -0.05) is 24.3 Å². The molecule has 0 aliphatic heterocycles. The zero-order valence-electron chi connectivity index (χ0n) is 12.0. The Morgan fingerprint density at radius 2 is 1.74 bits per heavy atom. The first kappa shape index (κ1) is 14.1. The molecule has 0 saturated heterocycles. The molecule has 19 heavy (non-hydrogen) atoms. The fourth-order valence-corrected chi connectivity index (χ4v) is 3.14. The van der Waals surface area contributed by atoms with E-state index in [1.165, 1.54) is 33.5 Å². The van der Waals surface area contributed by atoms with Crippen molar-refractivity contribution in [2.45, 2.75) is 34.2 Å². The lowest BCUT2D eigenvalue weighted by atomic mass is 10.0. The van der Waals surface area contributed by atoms with Crippen LogP contribution in [0.15, 0.2) is 34.8 Å². The number of aryl methyl sites for hydroxylation is 3. The maximum Gasteiger partial charge on any atom is 0.0517 e. The molecule has 0 aliphatic rings. The zero-order chi connectivity index (χ0) is 14.0. The molecule has 2 aromatic rings. The lowest BCUT2D eigenvalue weighted by Crippen LogP contribution is -2.04. The molecule has 2 heteroatoms. The second-order valence-corrected chi connectivity index (χ2v) is 6.01. The van der Waals surface area contributed by atoms with Crippen LogP contribution in [0.3, 0.4) is 0 Å². The largest absolute Gasteiger partial charge is 0.380 e. The molecule has 0 aliphatic carbocycles. The van der Waals surface area contributed by atoms with E-state index in [1.54, 1.807) is 0 Å². The van der Waals surface area contributed by atoms with Crippen LogP contribution in [0.25, 0.3) is 0 Å². The van der Waals surface area contributed by atoms with E-state index in [1.807, 2.05) is 0 Å². The minimum Gasteiger partial charge on any atom is -0.380 e. The first-order valence-electron chi connectivity index (χ1n) is 6.54. The monoisotopic (exact) mass is 317 g/mol. The van der Waals surface area contributed by atoms with E-state index in [2.05, 4.69) is 79.3 Å². The predicted octanol–water partition coefficient (Wildman–Crippen LogP) is 5.29. The van der Waals surface area contributed by atoms with Gasteiger partial charge >= 0.3 is 0 Å². The van der Waals surface area contributed by atoms with E-state index < -0.39 is 0 Å². The highest BCUT2D eigenvalue weighted by Crippen LogP contribution is 2.28. The summed E-state index contributed by atoms with van der Waals surface area (Å²) < 4.78 is 1.13. The van der Waals surface area contributed by atoms with Crippen LogP contribution in [0.1, 0.15) is 27.8 Å². The first-order chi connectivity index (χ1) is 8.99. The van der Waals surface area contributed by atoms with Crippen LogP contribution in [-0.2, 0) is 6.54 Å². The Bertz CT molecular complexity index is 579. The molecule has 2 rings (SSSR count). The van der Waals surface area contributed by atoms with Gasteiger partial charge in [-0.15, -0.1) is 0 Å². The van der Waals surface area contributed by atoms with Gasteiger partial charge in [0.1, 0.15) is 0 Å². The standard InChI is InChI=1S/C17H20BrN/c1-11-8-13(3)17(16(18)9-11)19-10-15-7-5-6-12(2)14(15)4/h5-9,19H,10H2,1-4H3. The summed E-state index contributed by atoms with van der Waals surface area (Å²) in [7, 11) is 0. The molecular weight excluding hydrogens is 298 g/mol. The maximum absolute atomic E-state index is 3.64. The van der Waals surface area contributed by atoms with E-state index in [0.717, 1.165) is 11.0 Å². The summed E-state index contributed by atoms with van der Waals surface area (Å²) in [6.07, 6.45) is 0. The number of hydrogen-bond donors (Lipinski definition) is 1. The summed E-state index contributed by atoms with van der Waals surface area (Å²) in [6, 6.07) is 10.8. The van der Waals surface area contributed by atoms with E-state index >= 15 is 0 Å². The maximum atomic E-state index is 3.64. The van der Waals surface area contributed by atoms with Gasteiger partial charge in [0, 0.05) is 11.0 Å². The number of hydrogen-bond acceptors (Lipinski definition) is 1. The highest BCUT2D eigenvalue weighted by Gasteiger charge is 2.06. The van der Waals surface area contributed by atoms with Crippen molar-refractivity contribution in [2.75, 3.05) is 5.32 Å². The van der Waals surface area contributed by atoms with Gasteiger partial charge in [0.05, 0.1) is 5.69 Å². The molecule has 0 aromatic heterocycles. The van der Waals surface area contributed by atoms with Gasteiger partial charge in [-0.2, -0.15) is 0 Å². The molecular formula is C17H20BrN.